The van der Waals surface area contributed by atoms with E-state index in [1.165, 1.54) is 4.91 Å². The summed E-state index contributed by atoms with van der Waals surface area (Å²) in [7, 11) is 5.40. The van der Waals surface area contributed by atoms with Crippen molar-refractivity contribution in [2.75, 3.05) is 27.8 Å². The molecular formula is C19H20N2O2S. The van der Waals surface area contributed by atoms with Crippen LogP contribution in [0.1, 0.15) is 5.56 Å². The quantitative estimate of drug-likeness (QED) is 0.825. The Bertz CT molecular complexity index is 752. The number of amidine groups is 1. The highest BCUT2D eigenvalue weighted by Gasteiger charge is 2.20. The third-order valence-electron chi connectivity index (χ3n) is 3.68. The number of aliphatic imine (C=N–C) groups is 1. The molecule has 0 aromatic heterocycles. The van der Waals surface area contributed by atoms with Crippen molar-refractivity contribution in [1.82, 2.24) is 4.90 Å². The summed E-state index contributed by atoms with van der Waals surface area (Å²) >= 11 is 1.70. The molecule has 0 unspecified atom stereocenters. The molecule has 0 amide bonds. The fourth-order valence-electron chi connectivity index (χ4n) is 2.37. The third kappa shape index (κ3) is 3.92. The van der Waals surface area contributed by atoms with Crippen LogP contribution in [0.15, 0.2) is 58.4 Å². The van der Waals surface area contributed by atoms with Crippen LogP contribution < -0.4 is 9.47 Å². The lowest BCUT2D eigenvalue weighted by atomic mass is 10.2. The van der Waals surface area contributed by atoms with Crippen molar-refractivity contribution in [3.8, 4) is 11.5 Å². The second kappa shape index (κ2) is 7.45. The van der Waals surface area contributed by atoms with E-state index in [1.807, 2.05) is 36.4 Å². The molecule has 1 fully saturated rings. The molecule has 2 aromatic rings. The fraction of sp³-hybridized carbons (Fsp3) is 0.211. The summed E-state index contributed by atoms with van der Waals surface area (Å²) in [5.74, 6) is 1.71. The molecule has 1 saturated heterocycles. The molecule has 1 aliphatic heterocycles. The Morgan fingerprint density at radius 1 is 0.958 bits per heavy atom. The number of methoxy groups -OCH3 is 2. The molecule has 2 aromatic carbocycles. The smallest absolute Gasteiger partial charge is 0.169 e. The molecule has 4 nitrogen and oxygen atoms in total. The number of rotatable bonds is 4. The average molecular weight is 340 g/mol. The van der Waals surface area contributed by atoms with Crippen molar-refractivity contribution < 1.29 is 9.47 Å². The van der Waals surface area contributed by atoms with Gasteiger partial charge in [-0.3, -0.25) is 0 Å². The van der Waals surface area contributed by atoms with E-state index in [9.17, 15) is 0 Å². The highest BCUT2D eigenvalue weighted by molar-refractivity contribution is 8.17. The average Bonchev–Trinajstić information content (AvgIpc) is 2.95. The van der Waals surface area contributed by atoms with Gasteiger partial charge in [-0.25, -0.2) is 4.99 Å². The van der Waals surface area contributed by atoms with Crippen LogP contribution in [0.4, 0.5) is 5.69 Å². The first kappa shape index (κ1) is 16.5. The van der Waals surface area contributed by atoms with Crippen LogP contribution in [0, 0.1) is 0 Å². The first-order valence-electron chi connectivity index (χ1n) is 7.64. The Balaban J connectivity index is 1.75. The number of hydrogen-bond donors (Lipinski definition) is 0. The molecule has 5 heteroatoms. The van der Waals surface area contributed by atoms with Gasteiger partial charge in [-0.1, -0.05) is 23.9 Å². The topological polar surface area (TPSA) is 34.1 Å². The van der Waals surface area contributed by atoms with Gasteiger partial charge in [0.25, 0.3) is 0 Å². The van der Waals surface area contributed by atoms with Crippen LogP contribution >= 0.6 is 11.8 Å². The third-order valence-corrected chi connectivity index (χ3v) is 4.78. The predicted molar refractivity (Wildman–Crippen MR) is 101 cm³/mol. The number of nitrogens with zero attached hydrogens (tertiary/aromatic N) is 2. The molecule has 24 heavy (non-hydrogen) atoms. The van der Waals surface area contributed by atoms with E-state index in [0.717, 1.165) is 34.5 Å². The van der Waals surface area contributed by atoms with Crippen LogP contribution in [-0.2, 0) is 0 Å². The van der Waals surface area contributed by atoms with Gasteiger partial charge in [-0.2, -0.15) is 0 Å². The molecule has 1 heterocycles. The second-order valence-corrected chi connectivity index (χ2v) is 6.53. The molecule has 0 spiro atoms. The number of ether oxygens (including phenoxy) is 2. The summed E-state index contributed by atoms with van der Waals surface area (Å²) in [5.41, 5.74) is 2.09. The lowest BCUT2D eigenvalue weighted by molar-refractivity contribution is 0.414. The fourth-order valence-corrected chi connectivity index (χ4v) is 3.42. The van der Waals surface area contributed by atoms with Crippen LogP contribution in [0.5, 0.6) is 11.5 Å². The molecular weight excluding hydrogens is 320 g/mol. The van der Waals surface area contributed by atoms with Gasteiger partial charge >= 0.3 is 0 Å². The normalized spacial score (nSPS) is 17.5. The summed E-state index contributed by atoms with van der Waals surface area (Å²) < 4.78 is 10.4. The number of thioether (sulfide) groups is 1. The van der Waals surface area contributed by atoms with Gasteiger partial charge in [0.1, 0.15) is 11.5 Å². The molecule has 3 rings (SSSR count). The Hall–Kier alpha value is -2.40. The Morgan fingerprint density at radius 3 is 2.12 bits per heavy atom. The Morgan fingerprint density at radius 2 is 1.54 bits per heavy atom. The largest absolute Gasteiger partial charge is 0.497 e. The molecule has 0 N–H and O–H groups in total. The monoisotopic (exact) mass is 340 g/mol. The first-order chi connectivity index (χ1) is 11.7. The zero-order valence-corrected chi connectivity index (χ0v) is 14.8. The maximum absolute atomic E-state index is 5.19. The summed E-state index contributed by atoms with van der Waals surface area (Å²) in [6.45, 7) is 0.867. The highest BCUT2D eigenvalue weighted by atomic mass is 32.2. The minimum atomic E-state index is 0.839. The van der Waals surface area contributed by atoms with Crippen LogP contribution in [0.2, 0.25) is 0 Å². The maximum Gasteiger partial charge on any atom is 0.169 e. The van der Waals surface area contributed by atoms with Crippen molar-refractivity contribution >= 4 is 28.7 Å². The van der Waals surface area contributed by atoms with Crippen molar-refractivity contribution in [1.29, 1.82) is 0 Å². The first-order valence-corrected chi connectivity index (χ1v) is 8.46. The SMILES string of the molecule is COc1ccc(/C=C2/CN(C)C(=Nc3ccc(OC)cc3)S2)cc1. The van der Waals surface area contributed by atoms with Crippen LogP contribution in [-0.4, -0.2) is 37.9 Å². The predicted octanol–water partition coefficient (Wildman–Crippen LogP) is 4.41. The van der Waals surface area contributed by atoms with E-state index in [4.69, 9.17) is 14.5 Å². The van der Waals surface area contributed by atoms with Crippen molar-refractivity contribution in [3.05, 3.63) is 59.0 Å². The molecule has 0 bridgehead atoms. The highest BCUT2D eigenvalue weighted by Crippen LogP contribution is 2.32. The van der Waals surface area contributed by atoms with Gasteiger partial charge in [0.2, 0.25) is 0 Å². The Labute approximate surface area is 146 Å². The second-order valence-electron chi connectivity index (χ2n) is 5.43. The van der Waals surface area contributed by atoms with Crippen molar-refractivity contribution in [2.24, 2.45) is 4.99 Å². The minimum Gasteiger partial charge on any atom is -0.497 e. The standard InChI is InChI=1S/C19H20N2O2S/c1-21-13-18(12-14-4-8-16(22-2)9-5-14)24-19(21)20-15-6-10-17(23-3)11-7-15/h4-12H,13H2,1-3H3/b18-12-,20-19?. The molecule has 1 aliphatic rings. The summed E-state index contributed by atoms with van der Waals surface area (Å²) in [6, 6.07) is 15.8. The maximum atomic E-state index is 5.19. The lowest BCUT2D eigenvalue weighted by Gasteiger charge is -2.09. The van der Waals surface area contributed by atoms with Crippen molar-refractivity contribution in [3.63, 3.8) is 0 Å². The van der Waals surface area contributed by atoms with Crippen LogP contribution in [0.25, 0.3) is 6.08 Å². The number of likely N-dealkylation sites (N-methyl/N-ethyl adjacent to an activating group) is 1. The van der Waals surface area contributed by atoms with Gasteiger partial charge in [0.05, 0.1) is 26.5 Å². The summed E-state index contributed by atoms with van der Waals surface area (Å²) in [4.78, 5) is 8.15. The van der Waals surface area contributed by atoms with E-state index >= 15 is 0 Å². The van der Waals surface area contributed by atoms with Crippen molar-refractivity contribution in [2.45, 2.75) is 0 Å². The molecule has 0 atom stereocenters. The van der Waals surface area contributed by atoms with E-state index < -0.39 is 0 Å². The van der Waals surface area contributed by atoms with E-state index in [0.29, 0.717) is 0 Å². The van der Waals surface area contributed by atoms with E-state index in [1.54, 1.807) is 26.0 Å². The van der Waals surface area contributed by atoms with Gasteiger partial charge in [0, 0.05) is 12.0 Å². The molecule has 0 aliphatic carbocycles. The van der Waals surface area contributed by atoms with Gasteiger partial charge in [-0.05, 0) is 48.0 Å². The van der Waals surface area contributed by atoms with E-state index in [2.05, 4.69) is 30.2 Å². The lowest BCUT2D eigenvalue weighted by Crippen LogP contribution is -2.17. The number of benzene rings is 2. The van der Waals surface area contributed by atoms with Crippen LogP contribution in [0.3, 0.4) is 0 Å². The molecule has 124 valence electrons. The zero-order valence-electron chi connectivity index (χ0n) is 14.0. The summed E-state index contributed by atoms with van der Waals surface area (Å²) in [6.07, 6.45) is 2.19. The van der Waals surface area contributed by atoms with E-state index in [-0.39, 0.29) is 0 Å². The minimum absolute atomic E-state index is 0.839. The number of hydrogen-bond acceptors (Lipinski definition) is 4. The van der Waals surface area contributed by atoms with Gasteiger partial charge in [-0.15, -0.1) is 0 Å². The van der Waals surface area contributed by atoms with Gasteiger partial charge in [0.15, 0.2) is 5.17 Å². The summed E-state index contributed by atoms with van der Waals surface area (Å²) in [5, 5.41) is 1.000. The Kier molecular flexibility index (Phi) is 5.11. The van der Waals surface area contributed by atoms with Gasteiger partial charge < -0.3 is 14.4 Å². The zero-order chi connectivity index (χ0) is 16.9. The molecule has 0 saturated carbocycles. The molecule has 0 radical (unpaired) electrons.